The lowest BCUT2D eigenvalue weighted by Gasteiger charge is -2.08. The first-order valence-electron chi connectivity index (χ1n) is 10.2. The van der Waals surface area contributed by atoms with Gasteiger partial charge in [-0.3, -0.25) is 10.9 Å². The molecule has 0 spiro atoms. The number of hydrogen-bond acceptors (Lipinski definition) is 10. The summed E-state index contributed by atoms with van der Waals surface area (Å²) in [5.41, 5.74) is 7.14. The van der Waals surface area contributed by atoms with Gasteiger partial charge in [0, 0.05) is 10.8 Å². The number of rotatable bonds is 8. The molecule has 4 rings (SSSR count). The zero-order valence-electron chi connectivity index (χ0n) is 18.4. The van der Waals surface area contributed by atoms with Gasteiger partial charge in [-0.2, -0.15) is 10.2 Å². The number of hydrogen-bond donors (Lipinski definition) is 4. The van der Waals surface area contributed by atoms with E-state index in [4.69, 9.17) is 9.47 Å². The fourth-order valence-electron chi connectivity index (χ4n) is 3.18. The number of nitrogens with zero attached hydrogens (tertiary/aromatic N) is 4. The molecule has 4 N–H and O–H groups in total. The molecule has 0 unspecified atom stereocenters. The molecule has 10 nitrogen and oxygen atoms in total. The van der Waals surface area contributed by atoms with Gasteiger partial charge >= 0.3 is 0 Å². The van der Waals surface area contributed by atoms with Gasteiger partial charge in [0.15, 0.2) is 34.6 Å². The first-order valence-corrected chi connectivity index (χ1v) is 10.2. The lowest BCUT2D eigenvalue weighted by Crippen LogP contribution is -2.01. The number of ether oxygens (including phenoxy) is 2. The van der Waals surface area contributed by atoms with E-state index in [1.54, 1.807) is 48.8 Å². The van der Waals surface area contributed by atoms with E-state index in [0.717, 1.165) is 10.8 Å². The second kappa shape index (κ2) is 10.2. The van der Waals surface area contributed by atoms with Crippen LogP contribution in [0.25, 0.3) is 10.8 Å². The molecule has 3 aromatic carbocycles. The van der Waals surface area contributed by atoms with Crippen LogP contribution in [0.4, 0.5) is 11.6 Å². The SMILES string of the molecule is COc1ccc(C=NNc2nnc(NN=Cc3ccc(OC)c(O)c3)c3ccccc23)cc1O. The first-order chi connectivity index (χ1) is 16.6. The second-order valence-corrected chi connectivity index (χ2v) is 7.05. The van der Waals surface area contributed by atoms with Gasteiger partial charge in [0.1, 0.15) is 0 Å². The minimum atomic E-state index is 0.0255. The Morgan fingerprint density at radius 2 is 1.15 bits per heavy atom. The Labute approximate surface area is 195 Å². The summed E-state index contributed by atoms with van der Waals surface area (Å²) in [5, 5.41) is 38.2. The Balaban J connectivity index is 1.51. The minimum Gasteiger partial charge on any atom is -0.504 e. The molecule has 0 bridgehead atoms. The number of phenolic OH excluding ortho intramolecular Hbond substituents is 2. The maximum absolute atomic E-state index is 9.89. The first kappa shape index (κ1) is 22.3. The quantitative estimate of drug-likeness (QED) is 0.230. The third-order valence-corrected chi connectivity index (χ3v) is 4.86. The normalized spacial score (nSPS) is 11.2. The van der Waals surface area contributed by atoms with Crippen molar-refractivity contribution < 1.29 is 19.7 Å². The summed E-state index contributed by atoms with van der Waals surface area (Å²) < 4.78 is 10.1. The largest absolute Gasteiger partial charge is 0.504 e. The van der Waals surface area contributed by atoms with Gasteiger partial charge in [-0.05, 0) is 47.5 Å². The average molecular weight is 458 g/mol. The van der Waals surface area contributed by atoms with Crippen molar-refractivity contribution in [3.8, 4) is 23.0 Å². The van der Waals surface area contributed by atoms with Gasteiger partial charge in [0.2, 0.25) is 0 Å². The van der Waals surface area contributed by atoms with Crippen LogP contribution in [0.3, 0.4) is 0 Å². The Morgan fingerprint density at radius 1 is 0.706 bits per heavy atom. The van der Waals surface area contributed by atoms with Gasteiger partial charge in [-0.25, -0.2) is 0 Å². The van der Waals surface area contributed by atoms with Crippen LogP contribution in [0.15, 0.2) is 70.9 Å². The number of fused-ring (bicyclic) bond motifs is 1. The molecule has 0 saturated carbocycles. The number of hydrazone groups is 2. The Kier molecular flexibility index (Phi) is 6.68. The van der Waals surface area contributed by atoms with Crippen LogP contribution < -0.4 is 20.3 Å². The third kappa shape index (κ3) is 4.96. The van der Waals surface area contributed by atoms with Crippen LogP contribution in [0, 0.1) is 0 Å². The van der Waals surface area contributed by atoms with Gasteiger partial charge in [0.25, 0.3) is 0 Å². The minimum absolute atomic E-state index is 0.0255. The molecule has 0 aliphatic rings. The Morgan fingerprint density at radius 3 is 1.53 bits per heavy atom. The zero-order valence-corrected chi connectivity index (χ0v) is 18.4. The smallest absolute Gasteiger partial charge is 0.176 e. The highest BCUT2D eigenvalue weighted by Gasteiger charge is 2.08. The van der Waals surface area contributed by atoms with E-state index in [0.29, 0.717) is 34.3 Å². The molecule has 34 heavy (non-hydrogen) atoms. The van der Waals surface area contributed by atoms with Crippen LogP contribution >= 0.6 is 0 Å². The van der Waals surface area contributed by atoms with Crippen molar-refractivity contribution in [1.82, 2.24) is 10.2 Å². The maximum Gasteiger partial charge on any atom is 0.176 e. The summed E-state index contributed by atoms with van der Waals surface area (Å²) in [6, 6.07) is 17.5. The van der Waals surface area contributed by atoms with Crippen molar-refractivity contribution in [3.05, 3.63) is 71.8 Å². The maximum atomic E-state index is 9.89. The lowest BCUT2D eigenvalue weighted by molar-refractivity contribution is 0.373. The fourth-order valence-corrected chi connectivity index (χ4v) is 3.18. The summed E-state index contributed by atoms with van der Waals surface area (Å²) in [6.07, 6.45) is 3.10. The van der Waals surface area contributed by atoms with Crippen molar-refractivity contribution in [2.24, 2.45) is 10.2 Å². The summed E-state index contributed by atoms with van der Waals surface area (Å²) in [5.74, 6) is 1.74. The number of anilines is 2. The molecule has 0 radical (unpaired) electrons. The molecule has 4 aromatic rings. The van der Waals surface area contributed by atoms with E-state index in [9.17, 15) is 10.2 Å². The molecule has 0 aliphatic heterocycles. The van der Waals surface area contributed by atoms with E-state index in [-0.39, 0.29) is 11.5 Å². The van der Waals surface area contributed by atoms with Gasteiger partial charge in [-0.15, -0.1) is 10.2 Å². The standard InChI is InChI=1S/C24H22N6O4/c1-33-21-9-7-15(11-19(21)31)13-25-27-23-17-5-3-4-6-18(17)24(30-29-23)28-26-14-16-8-10-22(34-2)20(32)12-16/h3-14,31-32H,1-2H3,(H,27,29)(H,28,30). The number of benzene rings is 3. The monoisotopic (exact) mass is 458 g/mol. The average Bonchev–Trinajstić information content (AvgIpc) is 2.85. The second-order valence-electron chi connectivity index (χ2n) is 7.05. The van der Waals surface area contributed by atoms with Crippen molar-refractivity contribution in [2.45, 2.75) is 0 Å². The number of phenols is 2. The highest BCUT2D eigenvalue weighted by atomic mass is 16.5. The molecule has 0 atom stereocenters. The number of methoxy groups -OCH3 is 2. The number of nitrogens with one attached hydrogen (secondary N) is 2. The molecule has 1 aromatic heterocycles. The Hall–Kier alpha value is -4.86. The summed E-state index contributed by atoms with van der Waals surface area (Å²) in [7, 11) is 2.98. The van der Waals surface area contributed by atoms with Crippen molar-refractivity contribution >= 4 is 34.8 Å². The van der Waals surface area contributed by atoms with Gasteiger partial charge < -0.3 is 19.7 Å². The molecule has 0 fully saturated rings. The molecular weight excluding hydrogens is 436 g/mol. The summed E-state index contributed by atoms with van der Waals surface area (Å²) in [4.78, 5) is 0. The van der Waals surface area contributed by atoms with Gasteiger partial charge in [0.05, 0.1) is 26.6 Å². The molecular formula is C24H22N6O4. The van der Waals surface area contributed by atoms with E-state index < -0.39 is 0 Å². The van der Waals surface area contributed by atoms with E-state index in [2.05, 4.69) is 31.3 Å². The summed E-state index contributed by atoms with van der Waals surface area (Å²) in [6.45, 7) is 0. The molecule has 10 heteroatoms. The van der Waals surface area contributed by atoms with Crippen molar-refractivity contribution in [1.29, 1.82) is 0 Å². The van der Waals surface area contributed by atoms with E-state index >= 15 is 0 Å². The highest BCUT2D eigenvalue weighted by molar-refractivity contribution is 5.98. The number of aromatic hydroxyl groups is 2. The lowest BCUT2D eigenvalue weighted by atomic mass is 10.2. The molecule has 0 saturated heterocycles. The van der Waals surface area contributed by atoms with E-state index in [1.165, 1.54) is 14.2 Å². The third-order valence-electron chi connectivity index (χ3n) is 4.86. The van der Waals surface area contributed by atoms with Crippen LogP contribution in [-0.4, -0.2) is 47.1 Å². The molecule has 0 amide bonds. The highest BCUT2D eigenvalue weighted by Crippen LogP contribution is 2.28. The van der Waals surface area contributed by atoms with Crippen LogP contribution in [0.1, 0.15) is 11.1 Å². The fraction of sp³-hybridized carbons (Fsp3) is 0.0833. The number of aromatic nitrogens is 2. The predicted molar refractivity (Wildman–Crippen MR) is 131 cm³/mol. The van der Waals surface area contributed by atoms with Crippen LogP contribution in [-0.2, 0) is 0 Å². The topological polar surface area (TPSA) is 133 Å². The molecule has 0 aliphatic carbocycles. The van der Waals surface area contributed by atoms with Crippen molar-refractivity contribution in [2.75, 3.05) is 25.1 Å². The zero-order chi connectivity index (χ0) is 23.9. The summed E-state index contributed by atoms with van der Waals surface area (Å²) >= 11 is 0. The predicted octanol–water partition coefficient (Wildman–Crippen LogP) is 3.95. The van der Waals surface area contributed by atoms with Crippen LogP contribution in [0.2, 0.25) is 0 Å². The molecule has 1 heterocycles. The van der Waals surface area contributed by atoms with Gasteiger partial charge in [-0.1, -0.05) is 24.3 Å². The van der Waals surface area contributed by atoms with Crippen LogP contribution in [0.5, 0.6) is 23.0 Å². The van der Waals surface area contributed by atoms with Crippen molar-refractivity contribution in [3.63, 3.8) is 0 Å². The molecule has 172 valence electrons. The van der Waals surface area contributed by atoms with E-state index in [1.807, 2.05) is 24.3 Å². The Bertz CT molecular complexity index is 1270.